The predicted molar refractivity (Wildman–Crippen MR) is 112 cm³/mol. The van der Waals surface area contributed by atoms with E-state index in [9.17, 15) is 4.79 Å². The number of aromatic nitrogens is 2. The van der Waals surface area contributed by atoms with Crippen LogP contribution in [0, 0.1) is 6.92 Å². The van der Waals surface area contributed by atoms with Gasteiger partial charge >= 0.3 is 0 Å². The van der Waals surface area contributed by atoms with Crippen molar-refractivity contribution in [2.24, 2.45) is 0 Å². The number of hydrogen-bond acceptors (Lipinski definition) is 4. The zero-order valence-corrected chi connectivity index (χ0v) is 16.4. The smallest absolute Gasteiger partial charge is 0.253 e. The average Bonchev–Trinajstić information content (AvgIpc) is 3.10. The summed E-state index contributed by atoms with van der Waals surface area (Å²) in [6.45, 7) is -3.57. The molecule has 4 rings (SSSR count). The van der Waals surface area contributed by atoms with E-state index in [4.69, 9.17) is 17.7 Å². The van der Waals surface area contributed by atoms with Crippen LogP contribution < -0.4 is 4.74 Å². The fourth-order valence-corrected chi connectivity index (χ4v) is 3.94. The minimum atomic E-state index is -3.15. The molecule has 0 aliphatic carbocycles. The van der Waals surface area contributed by atoms with Crippen LogP contribution in [0.15, 0.2) is 36.4 Å². The summed E-state index contributed by atoms with van der Waals surface area (Å²) < 4.78 is 59.8. The van der Waals surface area contributed by atoms with Gasteiger partial charge in [-0.05, 0) is 31.4 Å². The molecule has 2 heterocycles. The molecule has 2 aromatic carbocycles. The summed E-state index contributed by atoms with van der Waals surface area (Å²) in [7, 11) is 1.60. The van der Waals surface area contributed by atoms with Crippen LogP contribution in [0.1, 0.15) is 48.1 Å². The molecule has 1 unspecified atom stereocenters. The van der Waals surface area contributed by atoms with Crippen LogP contribution in [-0.2, 0) is 17.7 Å². The maximum Gasteiger partial charge on any atom is 0.253 e. The number of benzene rings is 2. The molecule has 0 bridgehead atoms. The van der Waals surface area contributed by atoms with E-state index in [0.29, 0.717) is 54.2 Å². The molecule has 1 aliphatic rings. The number of carbonyl (C=O) groups excluding carboxylic acids is 1. The number of methoxy groups -OCH3 is 1. The van der Waals surface area contributed by atoms with Crippen molar-refractivity contribution in [3.05, 3.63) is 58.9 Å². The Hall–Kier alpha value is -2.86. The van der Waals surface area contributed by atoms with Gasteiger partial charge in [0.2, 0.25) is 0 Å². The zero-order chi connectivity index (χ0) is 25.5. The summed E-state index contributed by atoms with van der Waals surface area (Å²) in [6, 6.07) is 11.1. The number of rotatable bonds is 5. The van der Waals surface area contributed by atoms with E-state index in [1.54, 1.807) is 7.11 Å². The molecule has 0 N–H and O–H groups in total. The maximum absolute atomic E-state index is 13.5. The number of ether oxygens (including phenoxy) is 2. The Balaban J connectivity index is 1.92. The van der Waals surface area contributed by atoms with Gasteiger partial charge < -0.3 is 18.9 Å². The predicted octanol–water partition coefficient (Wildman–Crippen LogP) is 3.76. The van der Waals surface area contributed by atoms with Crippen molar-refractivity contribution in [2.75, 3.05) is 27.7 Å². The van der Waals surface area contributed by atoms with Crippen molar-refractivity contribution in [3.8, 4) is 5.75 Å². The molecule has 1 aliphatic heterocycles. The number of carbonyl (C=O) groups is 1. The molecule has 0 saturated heterocycles. The highest BCUT2D eigenvalue weighted by Gasteiger charge is 2.30. The Labute approximate surface area is 179 Å². The van der Waals surface area contributed by atoms with Crippen molar-refractivity contribution in [2.45, 2.75) is 32.4 Å². The molecule has 1 atom stereocenters. The molecule has 3 aromatic rings. The molecule has 0 radical (unpaired) electrons. The van der Waals surface area contributed by atoms with E-state index in [0.717, 1.165) is 5.56 Å². The number of amides is 1. The molecule has 0 spiro atoms. The lowest BCUT2D eigenvalue weighted by molar-refractivity contribution is 0.0823. The summed E-state index contributed by atoms with van der Waals surface area (Å²) >= 11 is 0. The van der Waals surface area contributed by atoms with Crippen LogP contribution in [-0.4, -0.2) is 48.0 Å². The molecular formula is C23H27N3O3. The Bertz CT molecular complexity index is 1220. The first-order valence-electron chi connectivity index (χ1n) is 12.5. The first-order valence-corrected chi connectivity index (χ1v) is 9.51. The normalized spacial score (nSPS) is 19.7. The second-order valence-electron chi connectivity index (χ2n) is 7.10. The standard InChI is InChI=1S/C23H27N3O3/c1-15-24-19-14-18(23(27)25(2)3)17-10-11-20(16-8-6-5-7-9-16)29-22(17)21(19)26(15)12-13-28-4/h5-9,14,20H,10-13H2,1-4H3/i2D3,3D3. The van der Waals surface area contributed by atoms with Crippen LogP contribution in [0.5, 0.6) is 5.75 Å². The van der Waals surface area contributed by atoms with Crippen LogP contribution in [0.3, 0.4) is 0 Å². The van der Waals surface area contributed by atoms with Gasteiger partial charge in [0.05, 0.1) is 12.1 Å². The lowest BCUT2D eigenvalue weighted by Gasteiger charge is -2.29. The Morgan fingerprint density at radius 3 is 2.90 bits per heavy atom. The first-order chi connectivity index (χ1) is 16.4. The third kappa shape index (κ3) is 3.49. The van der Waals surface area contributed by atoms with Gasteiger partial charge in [0.25, 0.3) is 5.91 Å². The topological polar surface area (TPSA) is 56.6 Å². The van der Waals surface area contributed by atoms with Crippen molar-refractivity contribution >= 4 is 16.9 Å². The second kappa shape index (κ2) is 7.87. The van der Waals surface area contributed by atoms with E-state index < -0.39 is 19.9 Å². The third-order valence-electron chi connectivity index (χ3n) is 5.32. The minimum Gasteiger partial charge on any atom is -0.483 e. The van der Waals surface area contributed by atoms with Crippen LogP contribution >= 0.6 is 0 Å². The SMILES string of the molecule is [2H]C([2H])([2H])N(C(=O)c1cc2nc(C)n(CCOC)c2c2c1CCC(c1ccccc1)O2)C([2H])([2H])[2H]. The number of fused-ring (bicyclic) bond motifs is 3. The third-order valence-corrected chi connectivity index (χ3v) is 5.32. The van der Waals surface area contributed by atoms with Crippen molar-refractivity contribution < 1.29 is 22.5 Å². The number of imidazole rings is 1. The largest absolute Gasteiger partial charge is 0.483 e. The summed E-state index contributed by atoms with van der Waals surface area (Å²) in [5, 5.41) is 0. The first kappa shape index (κ1) is 13.4. The maximum atomic E-state index is 13.5. The number of hydrogen-bond donors (Lipinski definition) is 0. The molecule has 6 nitrogen and oxygen atoms in total. The fraction of sp³-hybridized carbons (Fsp3) is 0.391. The average molecular weight is 400 g/mol. The van der Waals surface area contributed by atoms with Gasteiger partial charge in [-0.15, -0.1) is 0 Å². The lowest BCUT2D eigenvalue weighted by Crippen LogP contribution is -2.25. The van der Waals surface area contributed by atoms with E-state index in [2.05, 4.69) is 4.98 Å². The Morgan fingerprint density at radius 2 is 2.17 bits per heavy atom. The summed E-state index contributed by atoms with van der Waals surface area (Å²) in [5.41, 5.74) is 2.51. The van der Waals surface area contributed by atoms with E-state index in [1.807, 2.05) is 41.8 Å². The van der Waals surface area contributed by atoms with Gasteiger partial charge in [0.1, 0.15) is 23.2 Å². The molecule has 0 saturated carbocycles. The molecule has 29 heavy (non-hydrogen) atoms. The van der Waals surface area contributed by atoms with Crippen molar-refractivity contribution in [1.29, 1.82) is 0 Å². The summed E-state index contributed by atoms with van der Waals surface area (Å²) in [4.78, 5) is 18.0. The quantitative estimate of drug-likeness (QED) is 0.656. The Morgan fingerprint density at radius 1 is 1.38 bits per heavy atom. The summed E-state index contributed by atoms with van der Waals surface area (Å²) in [5.74, 6) is -0.0227. The second-order valence-corrected chi connectivity index (χ2v) is 7.10. The van der Waals surface area contributed by atoms with Crippen LogP contribution in [0.4, 0.5) is 0 Å². The molecule has 1 amide bonds. The van der Waals surface area contributed by atoms with Gasteiger partial charge in [0, 0.05) is 47.0 Å². The molecule has 1 aromatic heterocycles. The minimum absolute atomic E-state index is 0.0144. The number of nitrogens with zero attached hydrogens (tertiary/aromatic N) is 3. The van der Waals surface area contributed by atoms with Gasteiger partial charge in [-0.25, -0.2) is 4.98 Å². The van der Waals surface area contributed by atoms with E-state index >= 15 is 0 Å². The van der Waals surface area contributed by atoms with Crippen LogP contribution in [0.25, 0.3) is 11.0 Å². The van der Waals surface area contributed by atoms with Crippen LogP contribution in [0.2, 0.25) is 0 Å². The van der Waals surface area contributed by atoms with Gasteiger partial charge in [-0.1, -0.05) is 30.3 Å². The van der Waals surface area contributed by atoms with Crippen molar-refractivity contribution in [3.63, 3.8) is 0 Å². The highest BCUT2D eigenvalue weighted by atomic mass is 16.5. The number of aryl methyl sites for hydroxylation is 1. The molecular weight excluding hydrogens is 366 g/mol. The highest BCUT2D eigenvalue weighted by Crippen LogP contribution is 2.42. The highest BCUT2D eigenvalue weighted by molar-refractivity contribution is 6.01. The summed E-state index contributed by atoms with van der Waals surface area (Å²) in [6.07, 6.45) is 0.649. The van der Waals surface area contributed by atoms with E-state index in [1.165, 1.54) is 6.07 Å². The Kier molecular flexibility index (Phi) is 3.63. The lowest BCUT2D eigenvalue weighted by atomic mass is 9.93. The fourth-order valence-electron chi connectivity index (χ4n) is 3.94. The molecule has 6 heteroatoms. The van der Waals surface area contributed by atoms with Crippen molar-refractivity contribution in [1.82, 2.24) is 14.5 Å². The monoisotopic (exact) mass is 399 g/mol. The van der Waals surface area contributed by atoms with Gasteiger partial charge in [-0.3, -0.25) is 4.79 Å². The van der Waals surface area contributed by atoms with E-state index in [-0.39, 0.29) is 16.6 Å². The van der Waals surface area contributed by atoms with Gasteiger partial charge in [0.15, 0.2) is 0 Å². The molecule has 0 fully saturated rings. The zero-order valence-electron chi connectivity index (χ0n) is 22.4. The van der Waals surface area contributed by atoms with Gasteiger partial charge in [-0.2, -0.15) is 0 Å². The molecule has 152 valence electrons.